The minimum atomic E-state index is 0.302. The summed E-state index contributed by atoms with van der Waals surface area (Å²) in [6, 6.07) is 13.8. The molecule has 4 heteroatoms. The number of hydrogen-bond acceptors (Lipinski definition) is 4. The highest BCUT2D eigenvalue weighted by molar-refractivity contribution is 5.86. The standard InChI is InChI=1S/C26H33N3O/c1-19-24(21-5-3-2-4-6-21)15-22-9-12-27-16-25(22)26(19)28-23-10-13-29(14-11-23)18-30-17-20-7-8-20/h2-6,9,12,15-16,19-20,23,26,28H,7-8,10-11,13-14,17-18H2,1H3/t19-,26?/m0/s1. The molecule has 2 heterocycles. The molecule has 1 aromatic carbocycles. The first-order valence-corrected chi connectivity index (χ1v) is 11.5. The molecule has 0 bridgehead atoms. The number of piperidine rings is 1. The molecular weight excluding hydrogens is 370 g/mol. The van der Waals surface area contributed by atoms with Crippen molar-refractivity contribution in [1.29, 1.82) is 0 Å². The van der Waals surface area contributed by atoms with Crippen LogP contribution in [0.1, 0.15) is 55.3 Å². The number of hydrogen-bond donors (Lipinski definition) is 1. The van der Waals surface area contributed by atoms with Crippen molar-refractivity contribution in [2.75, 3.05) is 26.4 Å². The minimum Gasteiger partial charge on any atom is -0.366 e. The molecule has 158 valence electrons. The zero-order valence-corrected chi connectivity index (χ0v) is 18.0. The molecule has 2 atom stereocenters. The van der Waals surface area contributed by atoms with Gasteiger partial charge in [0.15, 0.2) is 0 Å². The Bertz CT molecular complexity index is 869. The van der Waals surface area contributed by atoms with Crippen LogP contribution < -0.4 is 5.32 Å². The number of fused-ring (bicyclic) bond motifs is 1. The SMILES string of the molecule is C[C@H]1C(c2ccccc2)=Cc2ccncc2C1NC1CCN(COCC2CC2)CC1. The van der Waals surface area contributed by atoms with Crippen molar-refractivity contribution in [3.05, 3.63) is 65.5 Å². The predicted octanol–water partition coefficient (Wildman–Crippen LogP) is 4.75. The highest BCUT2D eigenvalue weighted by Crippen LogP contribution is 2.41. The topological polar surface area (TPSA) is 37.4 Å². The number of benzene rings is 1. The molecule has 1 saturated carbocycles. The van der Waals surface area contributed by atoms with E-state index in [0.29, 0.717) is 18.0 Å². The zero-order valence-electron chi connectivity index (χ0n) is 18.0. The van der Waals surface area contributed by atoms with E-state index in [9.17, 15) is 0 Å². The van der Waals surface area contributed by atoms with Crippen molar-refractivity contribution < 1.29 is 4.74 Å². The maximum absolute atomic E-state index is 5.90. The van der Waals surface area contributed by atoms with Gasteiger partial charge in [-0.1, -0.05) is 43.3 Å². The normalized spacial score (nSPS) is 25.0. The summed E-state index contributed by atoms with van der Waals surface area (Å²) in [5, 5.41) is 4.02. The smallest absolute Gasteiger partial charge is 0.0990 e. The number of pyridine rings is 1. The Hall–Kier alpha value is -2.01. The molecule has 4 nitrogen and oxygen atoms in total. The third kappa shape index (κ3) is 4.51. The van der Waals surface area contributed by atoms with Crippen molar-refractivity contribution in [2.24, 2.45) is 11.8 Å². The summed E-state index contributed by atoms with van der Waals surface area (Å²) in [4.78, 5) is 6.91. The van der Waals surface area contributed by atoms with Gasteiger partial charge in [0.2, 0.25) is 0 Å². The van der Waals surface area contributed by atoms with Crippen molar-refractivity contribution in [2.45, 2.75) is 44.7 Å². The van der Waals surface area contributed by atoms with Gasteiger partial charge in [-0.3, -0.25) is 9.88 Å². The van der Waals surface area contributed by atoms with Crippen LogP contribution in [0, 0.1) is 11.8 Å². The maximum atomic E-state index is 5.90. The quantitative estimate of drug-likeness (QED) is 0.724. The lowest BCUT2D eigenvalue weighted by molar-refractivity contribution is 0.00888. The molecule has 1 aromatic heterocycles. The first-order chi connectivity index (χ1) is 14.8. The highest BCUT2D eigenvalue weighted by atomic mass is 16.5. The second-order valence-corrected chi connectivity index (χ2v) is 9.24. The lowest BCUT2D eigenvalue weighted by Gasteiger charge is -2.38. The summed E-state index contributed by atoms with van der Waals surface area (Å²) >= 11 is 0. The number of aromatic nitrogens is 1. The molecule has 1 aliphatic heterocycles. The van der Waals surface area contributed by atoms with Crippen LogP contribution in [0.4, 0.5) is 0 Å². The van der Waals surface area contributed by atoms with Gasteiger partial charge in [0, 0.05) is 43.5 Å². The Balaban J connectivity index is 1.25. The van der Waals surface area contributed by atoms with Gasteiger partial charge in [-0.05, 0) is 59.9 Å². The van der Waals surface area contributed by atoms with Gasteiger partial charge in [0.1, 0.15) is 0 Å². The molecule has 1 saturated heterocycles. The Morgan fingerprint density at radius 2 is 1.87 bits per heavy atom. The summed E-state index contributed by atoms with van der Waals surface area (Å²) in [6.45, 7) is 6.34. The van der Waals surface area contributed by atoms with E-state index in [-0.39, 0.29) is 0 Å². The van der Waals surface area contributed by atoms with E-state index in [4.69, 9.17) is 4.74 Å². The van der Waals surface area contributed by atoms with Crippen LogP contribution in [0.5, 0.6) is 0 Å². The molecule has 3 aliphatic rings. The molecule has 1 unspecified atom stereocenters. The third-order valence-corrected chi connectivity index (χ3v) is 6.96. The summed E-state index contributed by atoms with van der Waals surface area (Å²) in [6.07, 6.45) is 11.4. The van der Waals surface area contributed by atoms with Gasteiger partial charge < -0.3 is 10.1 Å². The number of likely N-dealkylation sites (tertiary alicyclic amines) is 1. The molecule has 0 spiro atoms. The highest BCUT2D eigenvalue weighted by Gasteiger charge is 2.32. The van der Waals surface area contributed by atoms with Crippen molar-refractivity contribution in [3.63, 3.8) is 0 Å². The first-order valence-electron chi connectivity index (χ1n) is 11.5. The molecule has 1 N–H and O–H groups in total. The number of rotatable bonds is 7. The maximum Gasteiger partial charge on any atom is 0.0990 e. The molecular formula is C26H33N3O. The summed E-state index contributed by atoms with van der Waals surface area (Å²) in [7, 11) is 0. The van der Waals surface area contributed by atoms with E-state index >= 15 is 0 Å². The van der Waals surface area contributed by atoms with E-state index in [1.807, 2.05) is 6.20 Å². The molecule has 0 radical (unpaired) electrons. The summed E-state index contributed by atoms with van der Waals surface area (Å²) < 4.78 is 5.90. The zero-order chi connectivity index (χ0) is 20.3. The lowest BCUT2D eigenvalue weighted by Crippen LogP contribution is -2.46. The van der Waals surface area contributed by atoms with Crippen molar-refractivity contribution >= 4 is 11.6 Å². The average Bonchev–Trinajstić information content (AvgIpc) is 3.62. The second-order valence-electron chi connectivity index (χ2n) is 9.24. The van der Waals surface area contributed by atoms with E-state index < -0.39 is 0 Å². The molecule has 5 rings (SSSR count). The van der Waals surface area contributed by atoms with Crippen LogP contribution in [-0.2, 0) is 4.74 Å². The van der Waals surface area contributed by atoms with Crippen molar-refractivity contribution in [1.82, 2.24) is 15.2 Å². The van der Waals surface area contributed by atoms with Gasteiger partial charge >= 0.3 is 0 Å². The Labute approximate surface area is 180 Å². The van der Waals surface area contributed by atoms with Gasteiger partial charge in [-0.2, -0.15) is 0 Å². The van der Waals surface area contributed by atoms with Crippen LogP contribution in [0.15, 0.2) is 48.8 Å². The van der Waals surface area contributed by atoms with E-state index in [1.54, 1.807) is 0 Å². The second kappa shape index (κ2) is 9.01. The van der Waals surface area contributed by atoms with Crippen LogP contribution in [-0.4, -0.2) is 42.4 Å². The minimum absolute atomic E-state index is 0.302. The van der Waals surface area contributed by atoms with E-state index in [0.717, 1.165) is 32.3 Å². The van der Waals surface area contributed by atoms with Crippen LogP contribution in [0.2, 0.25) is 0 Å². The van der Waals surface area contributed by atoms with Gasteiger partial charge in [0.25, 0.3) is 0 Å². The van der Waals surface area contributed by atoms with Crippen LogP contribution >= 0.6 is 0 Å². The molecule has 2 aromatic rings. The number of ether oxygens (including phenoxy) is 1. The molecule has 2 fully saturated rings. The molecule has 0 amide bonds. The average molecular weight is 404 g/mol. The fourth-order valence-electron chi connectivity index (χ4n) is 4.88. The fourth-order valence-corrected chi connectivity index (χ4v) is 4.88. The first kappa shape index (κ1) is 19.9. The van der Waals surface area contributed by atoms with Crippen LogP contribution in [0.25, 0.3) is 11.6 Å². The Kier molecular flexibility index (Phi) is 5.98. The van der Waals surface area contributed by atoms with Gasteiger partial charge in [-0.15, -0.1) is 0 Å². The Morgan fingerprint density at radius 1 is 1.07 bits per heavy atom. The van der Waals surface area contributed by atoms with Crippen LogP contribution in [0.3, 0.4) is 0 Å². The predicted molar refractivity (Wildman–Crippen MR) is 122 cm³/mol. The van der Waals surface area contributed by atoms with E-state index in [2.05, 4.69) is 70.8 Å². The lowest BCUT2D eigenvalue weighted by atomic mass is 9.78. The van der Waals surface area contributed by atoms with Gasteiger partial charge in [0.05, 0.1) is 13.3 Å². The molecule has 30 heavy (non-hydrogen) atoms. The van der Waals surface area contributed by atoms with E-state index in [1.165, 1.54) is 47.9 Å². The van der Waals surface area contributed by atoms with Crippen molar-refractivity contribution in [3.8, 4) is 0 Å². The fraction of sp³-hybridized carbons (Fsp3) is 0.500. The largest absolute Gasteiger partial charge is 0.366 e. The number of nitrogens with one attached hydrogen (secondary N) is 1. The number of nitrogens with zero attached hydrogens (tertiary/aromatic N) is 2. The third-order valence-electron chi connectivity index (χ3n) is 6.96. The summed E-state index contributed by atoms with van der Waals surface area (Å²) in [5.74, 6) is 1.25. The summed E-state index contributed by atoms with van der Waals surface area (Å²) in [5.41, 5.74) is 5.37. The monoisotopic (exact) mass is 403 g/mol. The van der Waals surface area contributed by atoms with Gasteiger partial charge in [-0.25, -0.2) is 0 Å². The molecule has 2 aliphatic carbocycles. The Morgan fingerprint density at radius 3 is 2.63 bits per heavy atom.